The molecule has 21 heavy (non-hydrogen) atoms. The zero-order valence-electron chi connectivity index (χ0n) is 12.6. The molecule has 0 heterocycles. The summed E-state index contributed by atoms with van der Waals surface area (Å²) in [5, 5.41) is -4.47. The summed E-state index contributed by atoms with van der Waals surface area (Å²) in [6.07, 6.45) is 3.47. The average Bonchev–Trinajstić information content (AvgIpc) is 2.34. The molecule has 0 aromatic carbocycles. The van der Waals surface area contributed by atoms with Crippen LogP contribution in [0.25, 0.3) is 0 Å². The van der Waals surface area contributed by atoms with Gasteiger partial charge in [0.15, 0.2) is 6.61 Å². The van der Waals surface area contributed by atoms with Gasteiger partial charge in [-0.15, -0.1) is 0 Å². The molecule has 0 aliphatic carbocycles. The van der Waals surface area contributed by atoms with Crippen LogP contribution in [0, 0.1) is 11.8 Å². The maximum Gasteiger partial charge on any atom is 0.402 e. The van der Waals surface area contributed by atoms with Crippen molar-refractivity contribution in [3.63, 3.8) is 0 Å². The van der Waals surface area contributed by atoms with E-state index in [1.807, 2.05) is 13.8 Å². The van der Waals surface area contributed by atoms with Crippen molar-refractivity contribution >= 4 is 16.1 Å². The van der Waals surface area contributed by atoms with Crippen LogP contribution in [0.3, 0.4) is 0 Å². The molecule has 1 unspecified atom stereocenters. The van der Waals surface area contributed by atoms with E-state index in [-0.39, 0.29) is 6.42 Å². The first-order valence-electron chi connectivity index (χ1n) is 7.01. The lowest BCUT2D eigenvalue weighted by atomic mass is 9.87. The van der Waals surface area contributed by atoms with E-state index in [0.717, 1.165) is 19.3 Å². The monoisotopic (exact) mass is 330 g/mol. The third kappa shape index (κ3) is 7.71. The summed E-state index contributed by atoms with van der Waals surface area (Å²) in [6.45, 7) is 4.45. The largest absolute Gasteiger partial charge is 0.458 e. The van der Waals surface area contributed by atoms with E-state index >= 15 is 0 Å². The number of hydrogen-bond donors (Lipinski definition) is 1. The Morgan fingerprint density at radius 3 is 2.29 bits per heavy atom. The van der Waals surface area contributed by atoms with E-state index < -0.39 is 27.9 Å². The maximum absolute atomic E-state index is 12.9. The summed E-state index contributed by atoms with van der Waals surface area (Å²) in [6, 6.07) is 0. The van der Waals surface area contributed by atoms with E-state index in [1.165, 1.54) is 0 Å². The first-order valence-corrected chi connectivity index (χ1v) is 8.45. The predicted octanol–water partition coefficient (Wildman–Crippen LogP) is 3.25. The lowest BCUT2D eigenvalue weighted by Crippen LogP contribution is -2.34. The van der Waals surface area contributed by atoms with Crippen molar-refractivity contribution in [1.82, 2.24) is 0 Å². The van der Waals surface area contributed by atoms with E-state index in [9.17, 15) is 22.0 Å². The Kier molecular flexibility index (Phi) is 8.31. The number of rotatable bonds is 10. The Morgan fingerprint density at radius 1 is 1.29 bits per heavy atom. The number of hydrogen-bond acceptors (Lipinski definition) is 4. The third-order valence-corrected chi connectivity index (χ3v) is 4.24. The standard InChI is InChI=1S/C13H24F2O5S/c1-4-5-6-11(10(2)3)7-8-12(16)20-9-13(14,15)21(17,18)19/h10-11H,4-9H2,1-3H3,(H,17,18,19). The zero-order valence-corrected chi connectivity index (χ0v) is 13.5. The average molecular weight is 330 g/mol. The molecule has 0 aliphatic heterocycles. The minimum absolute atomic E-state index is 0.0475. The van der Waals surface area contributed by atoms with E-state index in [2.05, 4.69) is 11.7 Å². The van der Waals surface area contributed by atoms with Crippen molar-refractivity contribution in [1.29, 1.82) is 0 Å². The van der Waals surface area contributed by atoms with Crippen LogP contribution in [-0.2, 0) is 19.6 Å². The highest BCUT2D eigenvalue weighted by molar-refractivity contribution is 7.86. The van der Waals surface area contributed by atoms with Crippen molar-refractivity contribution in [2.24, 2.45) is 11.8 Å². The van der Waals surface area contributed by atoms with Gasteiger partial charge in [-0.1, -0.05) is 40.0 Å². The number of halogens is 2. The molecule has 1 atom stereocenters. The van der Waals surface area contributed by atoms with Gasteiger partial charge in [0.2, 0.25) is 0 Å². The third-order valence-electron chi connectivity index (χ3n) is 3.37. The van der Waals surface area contributed by atoms with Gasteiger partial charge in [-0.3, -0.25) is 9.35 Å². The summed E-state index contributed by atoms with van der Waals surface area (Å²) in [4.78, 5) is 11.4. The lowest BCUT2D eigenvalue weighted by Gasteiger charge is -2.20. The SMILES string of the molecule is CCCCC(CCC(=O)OCC(F)(F)S(=O)(=O)O)C(C)C. The predicted molar refractivity (Wildman–Crippen MR) is 74.5 cm³/mol. The molecule has 0 saturated heterocycles. The highest BCUT2D eigenvalue weighted by Gasteiger charge is 2.45. The van der Waals surface area contributed by atoms with Crippen LogP contribution < -0.4 is 0 Å². The molecule has 126 valence electrons. The highest BCUT2D eigenvalue weighted by Crippen LogP contribution is 2.24. The first-order chi connectivity index (χ1) is 9.51. The molecule has 0 aromatic heterocycles. The van der Waals surface area contributed by atoms with Gasteiger partial charge in [0.1, 0.15) is 0 Å². The molecule has 0 fully saturated rings. The summed E-state index contributed by atoms with van der Waals surface area (Å²) >= 11 is 0. The van der Waals surface area contributed by atoms with E-state index in [4.69, 9.17) is 4.55 Å². The van der Waals surface area contributed by atoms with E-state index in [0.29, 0.717) is 18.3 Å². The maximum atomic E-state index is 12.9. The van der Waals surface area contributed by atoms with Crippen molar-refractivity contribution in [3.8, 4) is 0 Å². The first kappa shape index (κ1) is 20.2. The second-order valence-electron chi connectivity index (χ2n) is 5.46. The quantitative estimate of drug-likeness (QED) is 0.491. The van der Waals surface area contributed by atoms with Crippen molar-refractivity contribution in [2.45, 2.75) is 58.1 Å². The molecule has 0 spiro atoms. The molecule has 5 nitrogen and oxygen atoms in total. The van der Waals surface area contributed by atoms with Gasteiger partial charge in [-0.25, -0.2) is 0 Å². The van der Waals surface area contributed by atoms with Crippen LogP contribution in [0.5, 0.6) is 0 Å². The second-order valence-corrected chi connectivity index (χ2v) is 7.01. The molecule has 8 heteroatoms. The van der Waals surface area contributed by atoms with Crippen LogP contribution in [0.4, 0.5) is 8.78 Å². The van der Waals surface area contributed by atoms with Gasteiger partial charge in [0.05, 0.1) is 0 Å². The van der Waals surface area contributed by atoms with Gasteiger partial charge >= 0.3 is 21.3 Å². The van der Waals surface area contributed by atoms with Crippen molar-refractivity contribution < 1.29 is 31.3 Å². The molecule has 0 aliphatic rings. The van der Waals surface area contributed by atoms with Crippen LogP contribution in [0.15, 0.2) is 0 Å². The number of carbonyl (C=O) groups is 1. The normalized spacial score (nSPS) is 14.2. The number of unbranched alkanes of at least 4 members (excludes halogenated alkanes) is 1. The topological polar surface area (TPSA) is 80.7 Å². The van der Waals surface area contributed by atoms with Gasteiger partial charge in [-0.05, 0) is 18.3 Å². The highest BCUT2D eigenvalue weighted by atomic mass is 32.2. The molecule has 0 rings (SSSR count). The summed E-state index contributed by atoms with van der Waals surface area (Å²) in [5.74, 6) is -0.233. The molecule has 0 bridgehead atoms. The number of alkyl halides is 2. The molecule has 0 aromatic rings. The molecule has 0 amide bonds. The molecule has 0 saturated carbocycles. The molecule has 0 radical (unpaired) electrons. The summed E-state index contributed by atoms with van der Waals surface area (Å²) < 4.78 is 59.0. The zero-order chi connectivity index (χ0) is 16.7. The van der Waals surface area contributed by atoms with E-state index in [1.54, 1.807) is 0 Å². The smallest absolute Gasteiger partial charge is 0.402 e. The Morgan fingerprint density at radius 2 is 1.86 bits per heavy atom. The fraction of sp³-hybridized carbons (Fsp3) is 0.923. The molecular formula is C13H24F2O5S. The summed E-state index contributed by atoms with van der Waals surface area (Å²) in [5.41, 5.74) is 0. The number of carbonyl (C=O) groups excluding carboxylic acids is 1. The van der Waals surface area contributed by atoms with Gasteiger partial charge in [0.25, 0.3) is 0 Å². The van der Waals surface area contributed by atoms with Crippen LogP contribution in [0.2, 0.25) is 0 Å². The number of ether oxygens (including phenoxy) is 1. The minimum atomic E-state index is -5.57. The number of esters is 1. The Balaban J connectivity index is 4.26. The molecule has 1 N–H and O–H groups in total. The summed E-state index contributed by atoms with van der Waals surface area (Å²) in [7, 11) is -5.57. The van der Waals surface area contributed by atoms with Gasteiger partial charge in [0, 0.05) is 6.42 Å². The fourth-order valence-electron chi connectivity index (χ4n) is 1.89. The van der Waals surface area contributed by atoms with Crippen LogP contribution in [0.1, 0.15) is 52.9 Å². The van der Waals surface area contributed by atoms with Gasteiger partial charge in [-0.2, -0.15) is 17.2 Å². The Labute approximate surface area is 124 Å². The molecular weight excluding hydrogens is 306 g/mol. The lowest BCUT2D eigenvalue weighted by molar-refractivity contribution is -0.150. The second kappa shape index (κ2) is 8.63. The Bertz CT molecular complexity index is 420. The van der Waals surface area contributed by atoms with Gasteiger partial charge < -0.3 is 4.74 Å². The van der Waals surface area contributed by atoms with Crippen LogP contribution >= 0.6 is 0 Å². The minimum Gasteiger partial charge on any atom is -0.458 e. The Hall–Kier alpha value is -0.760. The van der Waals surface area contributed by atoms with Crippen molar-refractivity contribution in [3.05, 3.63) is 0 Å². The fourth-order valence-corrected chi connectivity index (χ4v) is 2.10. The van der Waals surface area contributed by atoms with Crippen LogP contribution in [-0.4, -0.2) is 30.8 Å². The van der Waals surface area contributed by atoms with Crippen molar-refractivity contribution in [2.75, 3.05) is 6.61 Å².